The van der Waals surface area contributed by atoms with Gasteiger partial charge in [-0.05, 0) is 30.9 Å². The minimum Gasteiger partial charge on any atom is -0.496 e. The summed E-state index contributed by atoms with van der Waals surface area (Å²) in [5, 5.41) is 7.56. The summed E-state index contributed by atoms with van der Waals surface area (Å²) in [6, 6.07) is 13.8. The first-order valence-electron chi connectivity index (χ1n) is 10.9. The van der Waals surface area contributed by atoms with Crippen LogP contribution in [0, 0.1) is 6.92 Å². The summed E-state index contributed by atoms with van der Waals surface area (Å²) in [4.78, 5) is 13.7. The molecule has 0 saturated heterocycles. The van der Waals surface area contributed by atoms with Crippen molar-refractivity contribution >= 4 is 11.7 Å². The number of aryl methyl sites for hydroxylation is 1. The molecule has 7 nitrogen and oxygen atoms in total. The van der Waals surface area contributed by atoms with Gasteiger partial charge in [0.2, 0.25) is 5.88 Å². The van der Waals surface area contributed by atoms with Crippen LogP contribution in [0.1, 0.15) is 47.1 Å². The van der Waals surface area contributed by atoms with Gasteiger partial charge in [0, 0.05) is 29.3 Å². The zero-order chi connectivity index (χ0) is 23.1. The first-order chi connectivity index (χ1) is 16.0. The van der Waals surface area contributed by atoms with Crippen LogP contribution in [-0.2, 0) is 4.79 Å². The molecule has 0 amide bonds. The van der Waals surface area contributed by atoms with Crippen molar-refractivity contribution in [1.29, 1.82) is 0 Å². The molecular formula is C26H26N2O5. The fourth-order valence-corrected chi connectivity index (χ4v) is 5.02. The number of anilines is 1. The maximum atomic E-state index is 13.7. The Balaban J connectivity index is 1.69. The van der Waals surface area contributed by atoms with E-state index in [-0.39, 0.29) is 17.6 Å². The van der Waals surface area contributed by atoms with Crippen molar-refractivity contribution in [3.8, 4) is 17.2 Å². The van der Waals surface area contributed by atoms with Gasteiger partial charge in [0.15, 0.2) is 17.3 Å². The van der Waals surface area contributed by atoms with E-state index in [1.54, 1.807) is 27.4 Å². The van der Waals surface area contributed by atoms with Gasteiger partial charge >= 0.3 is 0 Å². The maximum absolute atomic E-state index is 13.7. The predicted molar refractivity (Wildman–Crippen MR) is 123 cm³/mol. The number of carbonyl (C=O) groups excluding carboxylic acids is 1. The number of allylic oxidation sites excluding steroid dienone is 2. The Morgan fingerprint density at radius 3 is 2.36 bits per heavy atom. The van der Waals surface area contributed by atoms with Gasteiger partial charge in [-0.25, -0.2) is 0 Å². The van der Waals surface area contributed by atoms with E-state index in [9.17, 15) is 4.79 Å². The number of nitrogens with one attached hydrogen (secondary N) is 1. The molecule has 1 aliphatic carbocycles. The van der Waals surface area contributed by atoms with Crippen LogP contribution in [0.25, 0.3) is 0 Å². The zero-order valence-electron chi connectivity index (χ0n) is 19.1. The molecule has 0 spiro atoms. The third kappa shape index (κ3) is 3.44. The molecule has 0 fully saturated rings. The fourth-order valence-electron chi connectivity index (χ4n) is 5.02. The highest BCUT2D eigenvalue weighted by Gasteiger charge is 2.42. The van der Waals surface area contributed by atoms with Crippen LogP contribution in [0.3, 0.4) is 0 Å². The lowest BCUT2D eigenvalue weighted by atomic mass is 9.72. The first kappa shape index (κ1) is 21.1. The van der Waals surface area contributed by atoms with Gasteiger partial charge < -0.3 is 24.1 Å². The van der Waals surface area contributed by atoms with E-state index in [1.165, 1.54) is 0 Å². The second-order valence-electron chi connectivity index (χ2n) is 8.35. The molecule has 0 unspecified atom stereocenters. The van der Waals surface area contributed by atoms with Crippen LogP contribution in [0.5, 0.6) is 17.2 Å². The van der Waals surface area contributed by atoms with Gasteiger partial charge in [-0.3, -0.25) is 4.79 Å². The SMILES string of the molecule is COc1cc(OC)c([C@@H]2C3=C(C[C@@H](c4ccccc4)CC3=O)Nc3onc(C)c32)cc1OC. The Morgan fingerprint density at radius 1 is 0.970 bits per heavy atom. The van der Waals surface area contributed by atoms with Crippen molar-refractivity contribution < 1.29 is 23.5 Å². The number of Topliss-reactive ketones (excluding diaryl/α,β-unsaturated/α-hetero) is 1. The standard InChI is InChI=1S/C26H26N2O5/c1-14-23-24(17-12-21(31-3)22(32-4)13-20(17)30-2)25-18(27-26(23)33-28-14)10-16(11-19(25)29)15-8-6-5-7-9-15/h5-9,12-13,16,24,27H,10-11H2,1-4H3/t16-,24+/m1/s1. The second-order valence-corrected chi connectivity index (χ2v) is 8.35. The molecule has 1 N–H and O–H groups in total. The summed E-state index contributed by atoms with van der Waals surface area (Å²) < 4.78 is 22.4. The molecule has 1 aromatic heterocycles. The quantitative estimate of drug-likeness (QED) is 0.593. The molecular weight excluding hydrogens is 420 g/mol. The number of hydrogen-bond acceptors (Lipinski definition) is 7. The molecule has 2 aromatic carbocycles. The summed E-state index contributed by atoms with van der Waals surface area (Å²) in [6.45, 7) is 1.88. The number of aromatic nitrogens is 1. The Hall–Kier alpha value is -3.74. The number of carbonyl (C=O) groups is 1. The van der Waals surface area contributed by atoms with Crippen LogP contribution < -0.4 is 19.5 Å². The minimum atomic E-state index is -0.388. The number of benzene rings is 2. The van der Waals surface area contributed by atoms with Crippen molar-refractivity contribution in [3.05, 3.63) is 76.1 Å². The van der Waals surface area contributed by atoms with Crippen LogP contribution in [0.2, 0.25) is 0 Å². The second kappa shape index (κ2) is 8.31. The third-order valence-electron chi connectivity index (χ3n) is 6.58. The normalized spacial score (nSPS) is 19.5. The van der Waals surface area contributed by atoms with Gasteiger partial charge in [0.1, 0.15) is 5.75 Å². The van der Waals surface area contributed by atoms with Gasteiger partial charge in [0.05, 0.1) is 38.5 Å². The van der Waals surface area contributed by atoms with E-state index < -0.39 is 0 Å². The Kier molecular flexibility index (Phi) is 5.32. The summed E-state index contributed by atoms with van der Waals surface area (Å²) >= 11 is 0. The average Bonchev–Trinajstić information content (AvgIpc) is 3.22. The average molecular weight is 447 g/mol. The first-order valence-corrected chi connectivity index (χ1v) is 10.9. The monoisotopic (exact) mass is 446 g/mol. The molecule has 0 bridgehead atoms. The maximum Gasteiger partial charge on any atom is 0.233 e. The molecule has 1 aliphatic heterocycles. The lowest BCUT2D eigenvalue weighted by molar-refractivity contribution is -0.116. The molecule has 33 heavy (non-hydrogen) atoms. The van der Waals surface area contributed by atoms with Crippen LogP contribution in [0.15, 0.2) is 58.3 Å². The highest BCUT2D eigenvalue weighted by molar-refractivity contribution is 6.01. The van der Waals surface area contributed by atoms with Gasteiger partial charge in [-0.1, -0.05) is 35.5 Å². The topological polar surface area (TPSA) is 82.8 Å². The molecule has 2 heterocycles. The highest BCUT2D eigenvalue weighted by atomic mass is 16.5. The van der Waals surface area contributed by atoms with E-state index in [2.05, 4.69) is 22.6 Å². The number of ketones is 1. The van der Waals surface area contributed by atoms with Crippen molar-refractivity contribution in [2.75, 3.05) is 26.6 Å². The van der Waals surface area contributed by atoms with Crippen molar-refractivity contribution in [3.63, 3.8) is 0 Å². The number of fused-ring (bicyclic) bond motifs is 1. The number of hydrogen-bond donors (Lipinski definition) is 1. The van der Waals surface area contributed by atoms with Gasteiger partial charge in [-0.2, -0.15) is 0 Å². The smallest absolute Gasteiger partial charge is 0.233 e. The molecule has 2 atom stereocenters. The molecule has 0 radical (unpaired) electrons. The van der Waals surface area contributed by atoms with Crippen molar-refractivity contribution in [2.45, 2.75) is 31.6 Å². The van der Waals surface area contributed by atoms with E-state index in [4.69, 9.17) is 18.7 Å². The predicted octanol–water partition coefficient (Wildman–Crippen LogP) is 4.97. The number of rotatable bonds is 5. The van der Waals surface area contributed by atoms with E-state index in [1.807, 2.05) is 31.2 Å². The largest absolute Gasteiger partial charge is 0.496 e. The van der Waals surface area contributed by atoms with Crippen molar-refractivity contribution in [2.24, 2.45) is 0 Å². The van der Waals surface area contributed by atoms with Gasteiger partial charge in [-0.15, -0.1) is 0 Å². The molecule has 0 saturated carbocycles. The van der Waals surface area contributed by atoms with Crippen LogP contribution >= 0.6 is 0 Å². The highest BCUT2D eigenvalue weighted by Crippen LogP contribution is 2.52. The number of nitrogens with zero attached hydrogens (tertiary/aromatic N) is 1. The lowest BCUT2D eigenvalue weighted by Gasteiger charge is -2.35. The van der Waals surface area contributed by atoms with E-state index >= 15 is 0 Å². The molecule has 2 aliphatic rings. The van der Waals surface area contributed by atoms with E-state index in [0.29, 0.717) is 36.0 Å². The summed E-state index contributed by atoms with van der Waals surface area (Å²) in [5.41, 5.74) is 5.12. The fraction of sp³-hybridized carbons (Fsp3) is 0.308. The van der Waals surface area contributed by atoms with Gasteiger partial charge in [0.25, 0.3) is 0 Å². The van der Waals surface area contributed by atoms with E-state index in [0.717, 1.165) is 33.7 Å². The lowest BCUT2D eigenvalue weighted by Crippen LogP contribution is -2.29. The number of methoxy groups -OCH3 is 3. The Bertz CT molecular complexity index is 1250. The summed E-state index contributed by atoms with van der Waals surface area (Å²) in [5.74, 6) is 2.11. The number of ether oxygens (including phenoxy) is 3. The van der Waals surface area contributed by atoms with Crippen LogP contribution in [-0.4, -0.2) is 32.3 Å². The third-order valence-corrected chi connectivity index (χ3v) is 6.58. The van der Waals surface area contributed by atoms with Crippen molar-refractivity contribution in [1.82, 2.24) is 5.16 Å². The summed E-state index contributed by atoms with van der Waals surface area (Å²) in [7, 11) is 4.78. The Morgan fingerprint density at radius 2 is 1.67 bits per heavy atom. The zero-order valence-corrected chi connectivity index (χ0v) is 19.1. The molecule has 5 rings (SSSR count). The molecule has 7 heteroatoms. The summed E-state index contributed by atoms with van der Waals surface area (Å²) in [6.07, 6.45) is 1.15. The van der Waals surface area contributed by atoms with Crippen LogP contribution in [0.4, 0.5) is 5.88 Å². The molecule has 170 valence electrons. The Labute approximate surface area is 192 Å². The minimum absolute atomic E-state index is 0.100. The molecule has 3 aromatic rings.